The lowest BCUT2D eigenvalue weighted by Gasteiger charge is -2.26. The molecule has 0 spiro atoms. The molecule has 102 valence electrons. The van der Waals surface area contributed by atoms with Gasteiger partial charge in [-0.2, -0.15) is 0 Å². The fraction of sp³-hybridized carbons (Fsp3) is 0.429. The predicted octanol–water partition coefficient (Wildman–Crippen LogP) is 1.86. The summed E-state index contributed by atoms with van der Waals surface area (Å²) in [6, 6.07) is 7.76. The molecule has 1 aromatic rings. The number of anilines is 1. The Labute approximate surface area is 112 Å². The minimum Gasteiger partial charge on any atom is -0.411 e. The maximum Gasteiger partial charge on any atom is 0.238 e. The van der Waals surface area contributed by atoms with E-state index >= 15 is 0 Å². The second-order valence-corrected chi connectivity index (χ2v) is 4.86. The summed E-state index contributed by atoms with van der Waals surface area (Å²) < 4.78 is 0. The van der Waals surface area contributed by atoms with Gasteiger partial charge in [-0.3, -0.25) is 9.69 Å². The molecule has 0 bridgehead atoms. The highest BCUT2D eigenvalue weighted by Crippen LogP contribution is 2.11. The largest absolute Gasteiger partial charge is 0.411 e. The summed E-state index contributed by atoms with van der Waals surface area (Å²) in [5, 5.41) is 14.8. The molecule has 2 rings (SSSR count). The van der Waals surface area contributed by atoms with E-state index in [0.29, 0.717) is 6.54 Å². The van der Waals surface area contributed by atoms with Crippen LogP contribution in [0.25, 0.3) is 0 Å². The third-order valence-corrected chi connectivity index (χ3v) is 3.24. The van der Waals surface area contributed by atoms with E-state index in [-0.39, 0.29) is 5.91 Å². The van der Waals surface area contributed by atoms with Crippen LogP contribution in [0.5, 0.6) is 0 Å². The van der Waals surface area contributed by atoms with Gasteiger partial charge in [-0.05, 0) is 24.6 Å². The molecule has 0 saturated carbocycles. The van der Waals surface area contributed by atoms with Crippen LogP contribution in [0, 0.1) is 6.92 Å². The molecule has 5 nitrogen and oxygen atoms in total. The number of amides is 1. The van der Waals surface area contributed by atoms with Gasteiger partial charge in [0.15, 0.2) is 0 Å². The van der Waals surface area contributed by atoms with Gasteiger partial charge in [0, 0.05) is 31.6 Å². The lowest BCUT2D eigenvalue weighted by Crippen LogP contribution is -2.39. The molecular formula is C14H19N3O2. The van der Waals surface area contributed by atoms with E-state index in [0.717, 1.165) is 42.9 Å². The zero-order valence-corrected chi connectivity index (χ0v) is 11.1. The molecule has 0 aliphatic carbocycles. The Morgan fingerprint density at radius 2 is 2.16 bits per heavy atom. The minimum atomic E-state index is -0.00464. The number of carbonyl (C=O) groups is 1. The average Bonchev–Trinajstić information content (AvgIpc) is 2.39. The number of hydrogen-bond donors (Lipinski definition) is 2. The maximum atomic E-state index is 11.9. The smallest absolute Gasteiger partial charge is 0.238 e. The minimum absolute atomic E-state index is 0.00464. The fourth-order valence-electron chi connectivity index (χ4n) is 2.20. The molecule has 2 N–H and O–H groups in total. The summed E-state index contributed by atoms with van der Waals surface area (Å²) in [5.41, 5.74) is 2.77. The zero-order valence-electron chi connectivity index (χ0n) is 11.1. The molecule has 1 amide bonds. The standard InChI is InChI=1S/C14H19N3O2/c1-11-3-2-4-13(9-11)15-14(18)10-17-7-5-12(16-19)6-8-17/h2-4,9,19H,5-8,10H2,1H3,(H,15,18). The highest BCUT2D eigenvalue weighted by atomic mass is 16.4. The molecule has 1 aromatic carbocycles. The quantitative estimate of drug-likeness (QED) is 0.644. The molecule has 1 heterocycles. The monoisotopic (exact) mass is 261 g/mol. The highest BCUT2D eigenvalue weighted by Gasteiger charge is 2.17. The fourth-order valence-corrected chi connectivity index (χ4v) is 2.20. The number of rotatable bonds is 3. The van der Waals surface area contributed by atoms with Crippen molar-refractivity contribution in [1.29, 1.82) is 0 Å². The summed E-state index contributed by atoms with van der Waals surface area (Å²) in [6.07, 6.45) is 1.46. The van der Waals surface area contributed by atoms with E-state index in [2.05, 4.69) is 15.4 Å². The van der Waals surface area contributed by atoms with Gasteiger partial charge >= 0.3 is 0 Å². The van der Waals surface area contributed by atoms with Crippen molar-refractivity contribution in [2.45, 2.75) is 19.8 Å². The van der Waals surface area contributed by atoms with Gasteiger partial charge in [-0.25, -0.2) is 0 Å². The molecule has 19 heavy (non-hydrogen) atoms. The van der Waals surface area contributed by atoms with E-state index in [1.54, 1.807) is 0 Å². The number of aryl methyl sites for hydroxylation is 1. The van der Waals surface area contributed by atoms with Crippen molar-refractivity contribution in [2.75, 3.05) is 25.0 Å². The first-order chi connectivity index (χ1) is 9.17. The molecule has 0 unspecified atom stereocenters. The number of carbonyl (C=O) groups excluding carboxylic acids is 1. The number of nitrogens with zero attached hydrogens (tertiary/aromatic N) is 2. The van der Waals surface area contributed by atoms with Gasteiger partial charge in [0.1, 0.15) is 0 Å². The molecule has 1 aliphatic heterocycles. The molecule has 5 heteroatoms. The molecule has 1 fully saturated rings. The summed E-state index contributed by atoms with van der Waals surface area (Å²) in [5.74, 6) is -0.00464. The normalized spacial score (nSPS) is 16.2. The van der Waals surface area contributed by atoms with E-state index in [1.807, 2.05) is 31.2 Å². The maximum absolute atomic E-state index is 11.9. The van der Waals surface area contributed by atoms with Gasteiger partial charge in [0.2, 0.25) is 5.91 Å². The van der Waals surface area contributed by atoms with E-state index < -0.39 is 0 Å². The SMILES string of the molecule is Cc1cccc(NC(=O)CN2CCC(=NO)CC2)c1. The Kier molecular flexibility index (Phi) is 4.52. The van der Waals surface area contributed by atoms with Crippen molar-refractivity contribution in [1.82, 2.24) is 4.90 Å². The number of piperidine rings is 1. The van der Waals surface area contributed by atoms with Gasteiger partial charge in [-0.1, -0.05) is 17.3 Å². The molecule has 1 saturated heterocycles. The number of nitrogens with one attached hydrogen (secondary N) is 1. The predicted molar refractivity (Wildman–Crippen MR) is 74.7 cm³/mol. The Hall–Kier alpha value is -1.88. The Morgan fingerprint density at radius 3 is 2.79 bits per heavy atom. The van der Waals surface area contributed by atoms with Gasteiger partial charge in [0.05, 0.1) is 12.3 Å². The Morgan fingerprint density at radius 1 is 1.42 bits per heavy atom. The second-order valence-electron chi connectivity index (χ2n) is 4.86. The lowest BCUT2D eigenvalue weighted by atomic mass is 10.1. The summed E-state index contributed by atoms with van der Waals surface area (Å²) in [6.45, 7) is 3.91. The van der Waals surface area contributed by atoms with Crippen LogP contribution in [-0.2, 0) is 4.79 Å². The molecule has 0 aromatic heterocycles. The summed E-state index contributed by atoms with van der Waals surface area (Å²) >= 11 is 0. The second kappa shape index (κ2) is 6.33. The molecule has 1 aliphatic rings. The molecule has 0 atom stereocenters. The first kappa shape index (κ1) is 13.5. The van der Waals surface area contributed by atoms with E-state index in [4.69, 9.17) is 5.21 Å². The Bertz CT molecular complexity index is 475. The van der Waals surface area contributed by atoms with Crippen LogP contribution in [0.1, 0.15) is 18.4 Å². The van der Waals surface area contributed by atoms with Crippen LogP contribution in [0.3, 0.4) is 0 Å². The average molecular weight is 261 g/mol. The van der Waals surface area contributed by atoms with Crippen LogP contribution in [0.15, 0.2) is 29.4 Å². The zero-order chi connectivity index (χ0) is 13.7. The van der Waals surface area contributed by atoms with Crippen LogP contribution in [-0.4, -0.2) is 41.4 Å². The van der Waals surface area contributed by atoms with Crippen LogP contribution in [0.2, 0.25) is 0 Å². The van der Waals surface area contributed by atoms with Crippen molar-refractivity contribution in [3.05, 3.63) is 29.8 Å². The van der Waals surface area contributed by atoms with Crippen molar-refractivity contribution in [3.8, 4) is 0 Å². The van der Waals surface area contributed by atoms with E-state index in [9.17, 15) is 4.79 Å². The third kappa shape index (κ3) is 4.06. The highest BCUT2D eigenvalue weighted by molar-refractivity contribution is 5.92. The van der Waals surface area contributed by atoms with Crippen LogP contribution in [0.4, 0.5) is 5.69 Å². The summed E-state index contributed by atoms with van der Waals surface area (Å²) in [7, 11) is 0. The Balaban J connectivity index is 1.82. The first-order valence-corrected chi connectivity index (χ1v) is 6.46. The van der Waals surface area contributed by atoms with Crippen LogP contribution < -0.4 is 5.32 Å². The lowest BCUT2D eigenvalue weighted by molar-refractivity contribution is -0.117. The number of likely N-dealkylation sites (tertiary alicyclic amines) is 1. The number of hydrogen-bond acceptors (Lipinski definition) is 4. The van der Waals surface area contributed by atoms with Crippen molar-refractivity contribution >= 4 is 17.3 Å². The van der Waals surface area contributed by atoms with Crippen molar-refractivity contribution in [3.63, 3.8) is 0 Å². The topological polar surface area (TPSA) is 64.9 Å². The number of oxime groups is 1. The van der Waals surface area contributed by atoms with Gasteiger partial charge in [0.25, 0.3) is 0 Å². The van der Waals surface area contributed by atoms with Gasteiger partial charge in [-0.15, -0.1) is 0 Å². The van der Waals surface area contributed by atoms with Gasteiger partial charge < -0.3 is 10.5 Å². The third-order valence-electron chi connectivity index (χ3n) is 3.24. The summed E-state index contributed by atoms with van der Waals surface area (Å²) in [4.78, 5) is 14.0. The first-order valence-electron chi connectivity index (χ1n) is 6.46. The van der Waals surface area contributed by atoms with E-state index in [1.165, 1.54) is 0 Å². The number of benzene rings is 1. The van der Waals surface area contributed by atoms with Crippen molar-refractivity contribution in [2.24, 2.45) is 5.16 Å². The van der Waals surface area contributed by atoms with Crippen LogP contribution >= 0.6 is 0 Å². The molecule has 0 radical (unpaired) electrons. The molecular weight excluding hydrogens is 242 g/mol. The van der Waals surface area contributed by atoms with Crippen molar-refractivity contribution < 1.29 is 10.0 Å².